The molecule has 1 aromatic carbocycles. The standard InChI is InChI=1S/C24H22F3N5O4/c1-30-9-11-31(12-10-30)22(34)17-6-5-14-3-2-4-15(20(14)29-17)19-13-16-18(7-8-28-21(16)33)32(19)36-23(35)24(25,26)27/h2-6,13H,7-12H2,1H3,(H,28,33). The summed E-state index contributed by atoms with van der Waals surface area (Å²) in [6.07, 6.45) is -5.07. The molecule has 2 aliphatic rings. The van der Waals surface area contributed by atoms with Gasteiger partial charge in [0.05, 0.1) is 22.5 Å². The van der Waals surface area contributed by atoms with E-state index in [1.165, 1.54) is 6.07 Å². The second-order valence-corrected chi connectivity index (χ2v) is 8.74. The Hall–Kier alpha value is -3.93. The summed E-state index contributed by atoms with van der Waals surface area (Å²) in [7, 11) is 1.98. The number of pyridine rings is 1. The highest BCUT2D eigenvalue weighted by Gasteiger charge is 2.43. The van der Waals surface area contributed by atoms with Crippen molar-refractivity contribution in [2.24, 2.45) is 0 Å². The monoisotopic (exact) mass is 501 g/mol. The maximum Gasteiger partial charge on any atom is 0.493 e. The van der Waals surface area contributed by atoms with Crippen LogP contribution >= 0.6 is 0 Å². The normalized spacial score (nSPS) is 16.6. The van der Waals surface area contributed by atoms with E-state index in [2.05, 4.69) is 15.2 Å². The second kappa shape index (κ2) is 8.94. The lowest BCUT2D eigenvalue weighted by molar-refractivity contribution is -0.199. The first-order chi connectivity index (χ1) is 17.1. The van der Waals surface area contributed by atoms with Crippen LogP contribution in [0.1, 0.15) is 26.5 Å². The van der Waals surface area contributed by atoms with Crippen LogP contribution in [0.25, 0.3) is 22.2 Å². The number of amides is 2. The predicted molar refractivity (Wildman–Crippen MR) is 122 cm³/mol. The summed E-state index contributed by atoms with van der Waals surface area (Å²) in [5.74, 6) is -3.15. The van der Waals surface area contributed by atoms with Gasteiger partial charge >= 0.3 is 12.1 Å². The van der Waals surface area contributed by atoms with Gasteiger partial charge in [0.25, 0.3) is 11.8 Å². The fraction of sp³-hybridized carbons (Fsp3) is 0.333. The largest absolute Gasteiger partial charge is 0.493 e. The number of aromatic nitrogens is 2. The van der Waals surface area contributed by atoms with Crippen molar-refractivity contribution in [1.82, 2.24) is 24.8 Å². The highest BCUT2D eigenvalue weighted by atomic mass is 19.4. The van der Waals surface area contributed by atoms with Crippen molar-refractivity contribution in [3.05, 3.63) is 53.3 Å². The van der Waals surface area contributed by atoms with E-state index in [9.17, 15) is 27.6 Å². The summed E-state index contributed by atoms with van der Waals surface area (Å²) < 4.78 is 39.9. The van der Waals surface area contributed by atoms with Crippen LogP contribution in [0.3, 0.4) is 0 Å². The Morgan fingerprint density at radius 1 is 1.06 bits per heavy atom. The van der Waals surface area contributed by atoms with E-state index in [0.717, 1.165) is 17.8 Å². The minimum absolute atomic E-state index is 0.0527. The van der Waals surface area contributed by atoms with Crippen molar-refractivity contribution < 1.29 is 32.4 Å². The van der Waals surface area contributed by atoms with Crippen molar-refractivity contribution in [3.63, 3.8) is 0 Å². The van der Waals surface area contributed by atoms with Gasteiger partial charge in [-0.05, 0) is 19.2 Å². The maximum atomic E-state index is 13.1. The summed E-state index contributed by atoms with van der Waals surface area (Å²) in [4.78, 5) is 50.4. The summed E-state index contributed by atoms with van der Waals surface area (Å²) in [5.41, 5.74) is 1.14. The number of nitrogens with one attached hydrogen (secondary N) is 1. The Morgan fingerprint density at radius 2 is 1.81 bits per heavy atom. The van der Waals surface area contributed by atoms with Crippen molar-refractivity contribution in [2.75, 3.05) is 39.8 Å². The Labute approximate surface area is 203 Å². The van der Waals surface area contributed by atoms with Crippen molar-refractivity contribution in [2.45, 2.75) is 12.6 Å². The number of benzene rings is 1. The third-order valence-corrected chi connectivity index (χ3v) is 6.36. The SMILES string of the molecule is CN1CCN(C(=O)c2ccc3cccc(-c4cc5c(n4OC(=O)C(F)(F)F)CCNC5=O)c3n2)CC1. The van der Waals surface area contributed by atoms with E-state index >= 15 is 0 Å². The molecule has 0 spiro atoms. The molecule has 2 aliphatic heterocycles. The zero-order valence-corrected chi connectivity index (χ0v) is 19.3. The van der Waals surface area contributed by atoms with Crippen LogP contribution in [0.15, 0.2) is 36.4 Å². The minimum Gasteiger partial charge on any atom is -0.352 e. The van der Waals surface area contributed by atoms with Crippen LogP contribution in [-0.2, 0) is 11.2 Å². The fourth-order valence-electron chi connectivity index (χ4n) is 4.43. The van der Waals surface area contributed by atoms with E-state index in [1.807, 2.05) is 7.05 Å². The quantitative estimate of drug-likeness (QED) is 0.589. The Kier molecular flexibility index (Phi) is 5.91. The zero-order valence-electron chi connectivity index (χ0n) is 19.3. The Bertz CT molecular complexity index is 1380. The lowest BCUT2D eigenvalue weighted by atomic mass is 10.0. The van der Waals surface area contributed by atoms with E-state index < -0.39 is 18.1 Å². The number of carbonyl (C=O) groups excluding carboxylic acids is 3. The number of likely N-dealkylation sites (N-methyl/N-ethyl adjacent to an activating group) is 1. The number of carbonyl (C=O) groups is 3. The number of alkyl halides is 3. The molecule has 9 nitrogen and oxygen atoms in total. The molecule has 188 valence electrons. The highest BCUT2D eigenvalue weighted by molar-refractivity contribution is 6.01. The number of para-hydroxylation sites is 1. The molecule has 2 amide bonds. The Balaban J connectivity index is 1.62. The van der Waals surface area contributed by atoms with Crippen LogP contribution in [-0.4, -0.2) is 83.2 Å². The van der Waals surface area contributed by atoms with Crippen molar-refractivity contribution >= 4 is 28.7 Å². The van der Waals surface area contributed by atoms with Gasteiger partial charge < -0.3 is 20.0 Å². The number of fused-ring (bicyclic) bond motifs is 2. The molecule has 4 heterocycles. The number of nitrogens with zero attached hydrogens (tertiary/aromatic N) is 4. The molecular formula is C24H22F3N5O4. The van der Waals surface area contributed by atoms with Crippen LogP contribution in [0.4, 0.5) is 13.2 Å². The van der Waals surface area contributed by atoms with Gasteiger partial charge in [-0.3, -0.25) is 9.59 Å². The Morgan fingerprint density at radius 3 is 2.53 bits per heavy atom. The topological polar surface area (TPSA) is 96.8 Å². The van der Waals surface area contributed by atoms with E-state index in [0.29, 0.717) is 29.6 Å². The molecule has 12 heteroatoms. The highest BCUT2D eigenvalue weighted by Crippen LogP contribution is 2.33. The molecule has 1 fully saturated rings. The van der Waals surface area contributed by atoms with Gasteiger partial charge in [-0.2, -0.15) is 17.9 Å². The van der Waals surface area contributed by atoms with Gasteiger partial charge in [-0.25, -0.2) is 9.78 Å². The fourth-order valence-corrected chi connectivity index (χ4v) is 4.43. The van der Waals surface area contributed by atoms with Gasteiger partial charge in [0, 0.05) is 50.1 Å². The van der Waals surface area contributed by atoms with Crippen LogP contribution < -0.4 is 10.2 Å². The molecule has 0 bridgehead atoms. The molecule has 1 N–H and O–H groups in total. The number of piperazine rings is 1. The molecule has 2 aromatic heterocycles. The molecule has 0 saturated carbocycles. The third kappa shape index (κ3) is 4.28. The molecular weight excluding hydrogens is 479 g/mol. The molecule has 36 heavy (non-hydrogen) atoms. The first-order valence-electron chi connectivity index (χ1n) is 11.3. The van der Waals surface area contributed by atoms with Crippen LogP contribution in [0.5, 0.6) is 0 Å². The minimum atomic E-state index is -5.23. The molecule has 0 atom stereocenters. The smallest absolute Gasteiger partial charge is 0.352 e. The molecule has 5 rings (SSSR count). The van der Waals surface area contributed by atoms with E-state index in [4.69, 9.17) is 4.84 Å². The average molecular weight is 501 g/mol. The molecule has 3 aromatic rings. The maximum absolute atomic E-state index is 13.1. The summed E-state index contributed by atoms with van der Waals surface area (Å²) in [5, 5.41) is 3.26. The zero-order chi connectivity index (χ0) is 25.6. The van der Waals surface area contributed by atoms with Gasteiger partial charge in [0.2, 0.25) is 0 Å². The number of rotatable bonds is 3. The molecule has 0 unspecified atom stereocenters. The molecule has 0 radical (unpaired) electrons. The van der Waals surface area contributed by atoms with E-state index in [1.54, 1.807) is 35.2 Å². The first kappa shape index (κ1) is 23.8. The first-order valence-corrected chi connectivity index (χ1v) is 11.3. The second-order valence-electron chi connectivity index (χ2n) is 8.74. The van der Waals surface area contributed by atoms with Crippen molar-refractivity contribution in [3.8, 4) is 11.3 Å². The summed E-state index contributed by atoms with van der Waals surface area (Å²) in [6, 6.07) is 9.69. The third-order valence-electron chi connectivity index (χ3n) is 6.36. The van der Waals surface area contributed by atoms with Crippen molar-refractivity contribution in [1.29, 1.82) is 0 Å². The molecule has 0 aliphatic carbocycles. The summed E-state index contributed by atoms with van der Waals surface area (Å²) in [6.45, 7) is 2.74. The number of hydrogen-bond acceptors (Lipinski definition) is 6. The van der Waals surface area contributed by atoms with Crippen LogP contribution in [0, 0.1) is 0 Å². The lowest BCUT2D eigenvalue weighted by Crippen LogP contribution is -2.47. The predicted octanol–water partition coefficient (Wildman–Crippen LogP) is 1.89. The number of hydrogen-bond donors (Lipinski definition) is 1. The lowest BCUT2D eigenvalue weighted by Gasteiger charge is -2.32. The summed E-state index contributed by atoms with van der Waals surface area (Å²) >= 11 is 0. The van der Waals surface area contributed by atoms with Gasteiger partial charge in [-0.1, -0.05) is 24.3 Å². The van der Waals surface area contributed by atoms with Gasteiger partial charge in [-0.15, -0.1) is 0 Å². The van der Waals surface area contributed by atoms with Gasteiger partial charge in [0.15, 0.2) is 0 Å². The molecule has 1 saturated heterocycles. The van der Waals surface area contributed by atoms with Crippen LogP contribution in [0.2, 0.25) is 0 Å². The van der Waals surface area contributed by atoms with Gasteiger partial charge in [0.1, 0.15) is 5.69 Å². The van der Waals surface area contributed by atoms with E-state index in [-0.39, 0.29) is 41.5 Å². The average Bonchev–Trinajstić information content (AvgIpc) is 3.22. The number of halogens is 3.